The highest BCUT2D eigenvalue weighted by Gasteiger charge is 2.32. The van der Waals surface area contributed by atoms with Crippen LogP contribution in [0.2, 0.25) is 0 Å². The lowest BCUT2D eigenvalue weighted by Gasteiger charge is -2.27. The molecule has 1 atom stereocenters. The third-order valence-electron chi connectivity index (χ3n) is 3.95. The summed E-state index contributed by atoms with van der Waals surface area (Å²) in [6.45, 7) is 2.46. The fourth-order valence-corrected chi connectivity index (χ4v) is 2.39. The molecule has 0 radical (unpaired) electrons. The molecule has 0 bridgehead atoms. The number of likely N-dealkylation sites (N-methyl/N-ethyl adjacent to an activating group) is 1. The number of hydrogen-bond acceptors (Lipinski definition) is 4. The van der Waals surface area contributed by atoms with Crippen molar-refractivity contribution >= 4 is 5.97 Å². The molecule has 4 nitrogen and oxygen atoms in total. The molecule has 0 saturated heterocycles. The van der Waals surface area contributed by atoms with Gasteiger partial charge in [-0.05, 0) is 33.2 Å². The van der Waals surface area contributed by atoms with Crippen LogP contribution in [-0.2, 0) is 14.3 Å². The van der Waals surface area contributed by atoms with Crippen molar-refractivity contribution in [2.45, 2.75) is 63.5 Å². The summed E-state index contributed by atoms with van der Waals surface area (Å²) in [6.07, 6.45) is 8.55. The summed E-state index contributed by atoms with van der Waals surface area (Å²) < 4.78 is 10.7. The molecule has 0 aromatic rings. The summed E-state index contributed by atoms with van der Waals surface area (Å²) in [5.74, 6) is -0.227. The number of methoxy groups -OCH3 is 1. The quantitative estimate of drug-likeness (QED) is 0.586. The van der Waals surface area contributed by atoms with Gasteiger partial charge < -0.3 is 14.8 Å². The van der Waals surface area contributed by atoms with Crippen molar-refractivity contribution in [3.05, 3.63) is 0 Å². The van der Waals surface area contributed by atoms with Crippen molar-refractivity contribution in [2.75, 3.05) is 20.8 Å². The molecule has 1 fully saturated rings. The molecular formula is C14H27NO3. The van der Waals surface area contributed by atoms with E-state index >= 15 is 0 Å². The van der Waals surface area contributed by atoms with Crippen molar-refractivity contribution in [3.8, 4) is 0 Å². The predicted molar refractivity (Wildman–Crippen MR) is 71.5 cm³/mol. The van der Waals surface area contributed by atoms with Crippen LogP contribution in [0.25, 0.3) is 0 Å². The second-order valence-corrected chi connectivity index (χ2v) is 5.31. The Balaban J connectivity index is 2.32. The molecule has 1 aliphatic carbocycles. The van der Waals surface area contributed by atoms with Crippen LogP contribution in [0.5, 0.6) is 0 Å². The second-order valence-electron chi connectivity index (χ2n) is 5.31. The SMILES string of the molecule is CNC(C)(CCOC1CCCCCC1)C(=O)OC. The highest BCUT2D eigenvalue weighted by atomic mass is 16.5. The van der Waals surface area contributed by atoms with E-state index in [9.17, 15) is 4.79 Å². The molecule has 18 heavy (non-hydrogen) atoms. The molecule has 106 valence electrons. The van der Waals surface area contributed by atoms with Crippen LogP contribution in [0.1, 0.15) is 51.9 Å². The summed E-state index contributed by atoms with van der Waals surface area (Å²) >= 11 is 0. The van der Waals surface area contributed by atoms with Gasteiger partial charge in [0.1, 0.15) is 5.54 Å². The zero-order chi connectivity index (χ0) is 13.4. The standard InChI is InChI=1S/C14H27NO3/c1-14(15-2,13(16)17-3)10-11-18-12-8-6-4-5-7-9-12/h12,15H,4-11H2,1-3H3. The predicted octanol–water partition coefficient (Wildman–Crippen LogP) is 2.27. The third kappa shape index (κ3) is 4.58. The van der Waals surface area contributed by atoms with Crippen LogP contribution in [0.3, 0.4) is 0 Å². The number of ether oxygens (including phenoxy) is 2. The third-order valence-corrected chi connectivity index (χ3v) is 3.95. The van der Waals surface area contributed by atoms with Gasteiger partial charge in [-0.25, -0.2) is 0 Å². The van der Waals surface area contributed by atoms with E-state index in [0.29, 0.717) is 19.1 Å². The Bertz CT molecular complexity index is 249. The highest BCUT2D eigenvalue weighted by molar-refractivity contribution is 5.80. The van der Waals surface area contributed by atoms with Gasteiger partial charge >= 0.3 is 5.97 Å². The Morgan fingerprint density at radius 2 is 1.89 bits per heavy atom. The highest BCUT2D eigenvalue weighted by Crippen LogP contribution is 2.21. The molecule has 4 heteroatoms. The largest absolute Gasteiger partial charge is 0.468 e. The molecule has 0 amide bonds. The molecule has 0 aliphatic heterocycles. The summed E-state index contributed by atoms with van der Waals surface area (Å²) in [5, 5.41) is 3.02. The first kappa shape index (κ1) is 15.4. The van der Waals surface area contributed by atoms with Crippen LogP contribution in [0, 0.1) is 0 Å². The minimum Gasteiger partial charge on any atom is -0.468 e. The van der Waals surface area contributed by atoms with Gasteiger partial charge in [-0.3, -0.25) is 4.79 Å². The van der Waals surface area contributed by atoms with Crippen LogP contribution in [0.4, 0.5) is 0 Å². The smallest absolute Gasteiger partial charge is 0.325 e. The Kier molecular flexibility index (Phi) is 6.65. The maximum atomic E-state index is 11.7. The van der Waals surface area contributed by atoms with E-state index in [2.05, 4.69) is 5.32 Å². The van der Waals surface area contributed by atoms with E-state index in [4.69, 9.17) is 9.47 Å². The lowest BCUT2D eigenvalue weighted by molar-refractivity contribution is -0.148. The first-order valence-electron chi connectivity index (χ1n) is 7.01. The van der Waals surface area contributed by atoms with E-state index in [-0.39, 0.29) is 5.97 Å². The van der Waals surface area contributed by atoms with Crippen molar-refractivity contribution < 1.29 is 14.3 Å². The second kappa shape index (κ2) is 7.74. The number of nitrogens with one attached hydrogen (secondary N) is 1. The monoisotopic (exact) mass is 257 g/mol. The number of esters is 1. The molecule has 0 aromatic heterocycles. The molecule has 0 heterocycles. The Labute approximate surface area is 110 Å². The van der Waals surface area contributed by atoms with E-state index in [1.165, 1.54) is 32.8 Å². The summed E-state index contributed by atoms with van der Waals surface area (Å²) in [5.41, 5.74) is -0.639. The fourth-order valence-electron chi connectivity index (χ4n) is 2.39. The maximum absolute atomic E-state index is 11.7. The van der Waals surface area contributed by atoms with Gasteiger partial charge in [0.15, 0.2) is 0 Å². The number of rotatable bonds is 6. The summed E-state index contributed by atoms with van der Waals surface area (Å²) in [7, 11) is 3.20. The van der Waals surface area contributed by atoms with E-state index < -0.39 is 5.54 Å². The zero-order valence-corrected chi connectivity index (χ0v) is 12.0. The van der Waals surface area contributed by atoms with Crippen LogP contribution in [0.15, 0.2) is 0 Å². The number of carbonyl (C=O) groups excluding carboxylic acids is 1. The lowest BCUT2D eigenvalue weighted by Crippen LogP contribution is -2.49. The first-order valence-corrected chi connectivity index (χ1v) is 7.01. The van der Waals surface area contributed by atoms with Gasteiger partial charge in [0, 0.05) is 6.61 Å². The number of hydrogen-bond donors (Lipinski definition) is 1. The lowest BCUT2D eigenvalue weighted by atomic mass is 9.99. The van der Waals surface area contributed by atoms with Crippen LogP contribution >= 0.6 is 0 Å². The fraction of sp³-hybridized carbons (Fsp3) is 0.929. The average molecular weight is 257 g/mol. The van der Waals surface area contributed by atoms with Gasteiger partial charge in [-0.2, -0.15) is 0 Å². The van der Waals surface area contributed by atoms with Gasteiger partial charge in [-0.1, -0.05) is 25.7 Å². The Hall–Kier alpha value is -0.610. The van der Waals surface area contributed by atoms with Crippen molar-refractivity contribution in [2.24, 2.45) is 0 Å². The van der Waals surface area contributed by atoms with Crippen LogP contribution < -0.4 is 5.32 Å². The van der Waals surface area contributed by atoms with Gasteiger partial charge in [0.05, 0.1) is 13.2 Å². The summed E-state index contributed by atoms with van der Waals surface area (Å²) in [6, 6.07) is 0. The average Bonchev–Trinajstić information content (AvgIpc) is 2.66. The zero-order valence-electron chi connectivity index (χ0n) is 12.0. The Morgan fingerprint density at radius 1 is 1.28 bits per heavy atom. The molecule has 0 aromatic carbocycles. The summed E-state index contributed by atoms with van der Waals surface area (Å²) in [4.78, 5) is 11.7. The number of carbonyl (C=O) groups is 1. The first-order chi connectivity index (χ1) is 8.62. The topological polar surface area (TPSA) is 47.6 Å². The van der Waals surface area contributed by atoms with E-state index in [0.717, 1.165) is 12.8 Å². The molecular weight excluding hydrogens is 230 g/mol. The van der Waals surface area contributed by atoms with Gasteiger partial charge in [-0.15, -0.1) is 0 Å². The normalized spacial score (nSPS) is 21.1. The molecule has 1 aliphatic rings. The van der Waals surface area contributed by atoms with Gasteiger partial charge in [0.2, 0.25) is 0 Å². The molecule has 1 saturated carbocycles. The Morgan fingerprint density at radius 3 is 2.39 bits per heavy atom. The maximum Gasteiger partial charge on any atom is 0.325 e. The van der Waals surface area contributed by atoms with E-state index in [1.54, 1.807) is 7.05 Å². The molecule has 1 rings (SSSR count). The molecule has 1 unspecified atom stereocenters. The van der Waals surface area contributed by atoms with Gasteiger partial charge in [0.25, 0.3) is 0 Å². The molecule has 0 spiro atoms. The van der Waals surface area contributed by atoms with Crippen molar-refractivity contribution in [1.29, 1.82) is 0 Å². The molecule has 1 N–H and O–H groups in total. The minimum atomic E-state index is -0.639. The van der Waals surface area contributed by atoms with Crippen LogP contribution in [-0.4, -0.2) is 38.4 Å². The minimum absolute atomic E-state index is 0.227. The van der Waals surface area contributed by atoms with Crippen molar-refractivity contribution in [3.63, 3.8) is 0 Å². The van der Waals surface area contributed by atoms with Crippen molar-refractivity contribution in [1.82, 2.24) is 5.32 Å². The van der Waals surface area contributed by atoms with E-state index in [1.807, 2.05) is 6.92 Å².